The Balaban J connectivity index is 1.95. The first-order valence-corrected chi connectivity index (χ1v) is 6.72. The topological polar surface area (TPSA) is 29.1 Å². The quantitative estimate of drug-likeness (QED) is 0.907. The van der Waals surface area contributed by atoms with E-state index in [1.54, 1.807) is 0 Å². The van der Waals surface area contributed by atoms with Gasteiger partial charge in [-0.3, -0.25) is 4.79 Å². The molecular formula is C11H14BrNOS. The predicted molar refractivity (Wildman–Crippen MR) is 66.3 cm³/mol. The van der Waals surface area contributed by atoms with Crippen LogP contribution in [0.1, 0.15) is 36.4 Å². The first-order chi connectivity index (χ1) is 7.05. The lowest BCUT2D eigenvalue weighted by molar-refractivity contribution is 0.0949. The fourth-order valence-electron chi connectivity index (χ4n) is 1.69. The van der Waals surface area contributed by atoms with E-state index in [-0.39, 0.29) is 5.91 Å². The van der Waals surface area contributed by atoms with E-state index >= 15 is 0 Å². The largest absolute Gasteiger partial charge is 0.348 e. The Kier molecular flexibility index (Phi) is 2.90. The molecule has 2 atom stereocenters. The monoisotopic (exact) mass is 287 g/mol. The third-order valence-corrected chi connectivity index (χ3v) is 4.88. The van der Waals surface area contributed by atoms with E-state index in [2.05, 4.69) is 35.1 Å². The highest BCUT2D eigenvalue weighted by Gasteiger charge is 2.49. The maximum absolute atomic E-state index is 11.8. The second kappa shape index (κ2) is 3.91. The standard InChI is InChI=1S/C11H14BrNOS/c1-3-11(2)6-8(11)13-10(14)7-4-5-9(12)15-7/h4-5,8H,3,6H2,1-2H3,(H,13,14). The Bertz CT molecular complexity index is 390. The Morgan fingerprint density at radius 1 is 1.73 bits per heavy atom. The van der Waals surface area contributed by atoms with Crippen molar-refractivity contribution in [2.75, 3.05) is 0 Å². The molecule has 1 saturated carbocycles. The summed E-state index contributed by atoms with van der Waals surface area (Å²) in [5.74, 6) is 0.0628. The van der Waals surface area contributed by atoms with Crippen LogP contribution < -0.4 is 5.32 Å². The molecule has 1 aliphatic rings. The number of hydrogen-bond donors (Lipinski definition) is 1. The van der Waals surface area contributed by atoms with Crippen molar-refractivity contribution in [1.29, 1.82) is 0 Å². The Labute approximate surface area is 102 Å². The number of nitrogens with one attached hydrogen (secondary N) is 1. The molecule has 15 heavy (non-hydrogen) atoms. The number of amides is 1. The minimum absolute atomic E-state index is 0.0628. The van der Waals surface area contributed by atoms with Crippen molar-refractivity contribution in [3.63, 3.8) is 0 Å². The van der Waals surface area contributed by atoms with Crippen LogP contribution in [0.5, 0.6) is 0 Å². The highest BCUT2D eigenvalue weighted by molar-refractivity contribution is 9.11. The zero-order valence-electron chi connectivity index (χ0n) is 8.84. The lowest BCUT2D eigenvalue weighted by Gasteiger charge is -2.08. The molecule has 0 saturated heterocycles. The average molecular weight is 288 g/mol. The lowest BCUT2D eigenvalue weighted by Crippen LogP contribution is -2.28. The molecular weight excluding hydrogens is 274 g/mol. The molecule has 1 aromatic rings. The summed E-state index contributed by atoms with van der Waals surface area (Å²) in [5, 5.41) is 3.08. The third-order valence-electron chi connectivity index (χ3n) is 3.26. The summed E-state index contributed by atoms with van der Waals surface area (Å²) in [7, 11) is 0. The molecule has 1 amide bonds. The van der Waals surface area contributed by atoms with Gasteiger partial charge in [0.1, 0.15) is 0 Å². The SMILES string of the molecule is CCC1(C)CC1NC(=O)c1ccc(Br)s1. The van der Waals surface area contributed by atoms with E-state index in [0.717, 1.165) is 21.5 Å². The van der Waals surface area contributed by atoms with Gasteiger partial charge in [-0.25, -0.2) is 0 Å². The normalized spacial score (nSPS) is 28.9. The Morgan fingerprint density at radius 2 is 2.47 bits per heavy atom. The molecule has 0 aromatic carbocycles. The molecule has 82 valence electrons. The zero-order chi connectivity index (χ0) is 11.1. The van der Waals surface area contributed by atoms with Crippen molar-refractivity contribution in [2.45, 2.75) is 32.7 Å². The van der Waals surface area contributed by atoms with Crippen LogP contribution in [-0.2, 0) is 0 Å². The van der Waals surface area contributed by atoms with Gasteiger partial charge in [-0.1, -0.05) is 13.8 Å². The average Bonchev–Trinajstić information content (AvgIpc) is 2.64. The summed E-state index contributed by atoms with van der Waals surface area (Å²) in [4.78, 5) is 12.6. The molecule has 0 radical (unpaired) electrons. The number of halogens is 1. The summed E-state index contributed by atoms with van der Waals surface area (Å²) in [6.07, 6.45) is 2.24. The fourth-order valence-corrected chi connectivity index (χ4v) is 2.98. The number of thiophene rings is 1. The summed E-state index contributed by atoms with van der Waals surface area (Å²) < 4.78 is 1.00. The highest BCUT2D eigenvalue weighted by Crippen LogP contribution is 2.48. The molecule has 1 aliphatic carbocycles. The van der Waals surface area contributed by atoms with Gasteiger partial charge < -0.3 is 5.32 Å². The molecule has 0 bridgehead atoms. The van der Waals surface area contributed by atoms with Crippen LogP contribution in [0.3, 0.4) is 0 Å². The van der Waals surface area contributed by atoms with Gasteiger partial charge in [0.05, 0.1) is 8.66 Å². The van der Waals surface area contributed by atoms with Gasteiger partial charge in [0.2, 0.25) is 0 Å². The molecule has 2 rings (SSSR count). The molecule has 1 aromatic heterocycles. The smallest absolute Gasteiger partial charge is 0.261 e. The van der Waals surface area contributed by atoms with Crippen LogP contribution in [0.25, 0.3) is 0 Å². The molecule has 2 unspecified atom stereocenters. The fraction of sp³-hybridized carbons (Fsp3) is 0.545. The van der Waals surface area contributed by atoms with Gasteiger partial charge in [0.25, 0.3) is 5.91 Å². The second-order valence-corrected chi connectivity index (χ2v) is 6.80. The van der Waals surface area contributed by atoms with Crippen LogP contribution >= 0.6 is 27.3 Å². The van der Waals surface area contributed by atoms with Gasteiger partial charge in [-0.15, -0.1) is 11.3 Å². The maximum Gasteiger partial charge on any atom is 0.261 e. The third kappa shape index (κ3) is 2.26. The number of carbonyl (C=O) groups is 1. The number of carbonyl (C=O) groups excluding carboxylic acids is 1. The van der Waals surface area contributed by atoms with Crippen molar-refractivity contribution >= 4 is 33.2 Å². The van der Waals surface area contributed by atoms with Gasteiger partial charge in [-0.2, -0.15) is 0 Å². The zero-order valence-corrected chi connectivity index (χ0v) is 11.2. The summed E-state index contributed by atoms with van der Waals surface area (Å²) in [6, 6.07) is 4.14. The second-order valence-electron chi connectivity index (χ2n) is 4.34. The van der Waals surface area contributed by atoms with E-state index in [0.29, 0.717) is 11.5 Å². The minimum atomic E-state index is 0.0628. The van der Waals surface area contributed by atoms with Crippen molar-refractivity contribution in [2.24, 2.45) is 5.41 Å². The Hall–Kier alpha value is -0.350. The first kappa shape index (κ1) is 11.1. The summed E-state index contributed by atoms with van der Waals surface area (Å²) >= 11 is 4.83. The van der Waals surface area contributed by atoms with E-state index in [9.17, 15) is 4.79 Å². The number of hydrogen-bond acceptors (Lipinski definition) is 2. The van der Waals surface area contributed by atoms with Crippen LogP contribution in [0.4, 0.5) is 0 Å². The van der Waals surface area contributed by atoms with Crippen LogP contribution in [-0.4, -0.2) is 11.9 Å². The minimum Gasteiger partial charge on any atom is -0.348 e. The number of rotatable bonds is 3. The van der Waals surface area contributed by atoms with Gasteiger partial charge >= 0.3 is 0 Å². The molecule has 1 fully saturated rings. The summed E-state index contributed by atoms with van der Waals surface area (Å²) in [6.45, 7) is 4.40. The Morgan fingerprint density at radius 3 is 2.93 bits per heavy atom. The molecule has 2 nitrogen and oxygen atoms in total. The van der Waals surface area contributed by atoms with Crippen LogP contribution in [0.2, 0.25) is 0 Å². The van der Waals surface area contributed by atoms with Crippen molar-refractivity contribution in [3.05, 3.63) is 20.8 Å². The molecule has 1 N–H and O–H groups in total. The van der Waals surface area contributed by atoms with Crippen LogP contribution in [0.15, 0.2) is 15.9 Å². The van der Waals surface area contributed by atoms with Crippen molar-refractivity contribution in [1.82, 2.24) is 5.32 Å². The van der Waals surface area contributed by atoms with Crippen LogP contribution in [0, 0.1) is 5.41 Å². The van der Waals surface area contributed by atoms with Gasteiger partial charge in [0.15, 0.2) is 0 Å². The predicted octanol–water partition coefficient (Wildman–Crippen LogP) is 3.43. The molecule has 4 heteroatoms. The lowest BCUT2D eigenvalue weighted by atomic mass is 10.1. The van der Waals surface area contributed by atoms with E-state index in [4.69, 9.17) is 0 Å². The van der Waals surface area contributed by atoms with Crippen molar-refractivity contribution < 1.29 is 4.79 Å². The van der Waals surface area contributed by atoms with E-state index in [1.807, 2.05) is 12.1 Å². The van der Waals surface area contributed by atoms with E-state index in [1.165, 1.54) is 11.3 Å². The van der Waals surface area contributed by atoms with Gasteiger partial charge in [0, 0.05) is 6.04 Å². The molecule has 1 heterocycles. The first-order valence-electron chi connectivity index (χ1n) is 5.11. The highest BCUT2D eigenvalue weighted by atomic mass is 79.9. The van der Waals surface area contributed by atoms with Gasteiger partial charge in [-0.05, 0) is 46.3 Å². The molecule has 0 spiro atoms. The maximum atomic E-state index is 11.8. The van der Waals surface area contributed by atoms with Crippen molar-refractivity contribution in [3.8, 4) is 0 Å². The molecule has 0 aliphatic heterocycles. The van der Waals surface area contributed by atoms with E-state index < -0.39 is 0 Å². The summed E-state index contributed by atoms with van der Waals surface area (Å²) in [5.41, 5.74) is 0.337.